The Morgan fingerprint density at radius 2 is 1.02 bits per heavy atom. The smallest absolute Gasteiger partial charge is 0.161 e. The molecule has 0 aliphatic rings. The zero-order chi connectivity index (χ0) is 37.5. The average Bonchev–Trinajstić information content (AvgIpc) is 3.95. The fourth-order valence-corrected chi connectivity index (χ4v) is 10.1. The van der Waals surface area contributed by atoms with Gasteiger partial charge in [-0.25, -0.2) is 9.97 Å². The van der Waals surface area contributed by atoms with Crippen LogP contribution in [0.25, 0.3) is 109 Å². The van der Waals surface area contributed by atoms with Crippen LogP contribution in [0.5, 0.6) is 0 Å². The highest BCUT2D eigenvalue weighted by Crippen LogP contribution is 2.45. The van der Waals surface area contributed by atoms with E-state index in [1.807, 2.05) is 11.3 Å². The number of thiophene rings is 1. The van der Waals surface area contributed by atoms with Gasteiger partial charge in [-0.2, -0.15) is 0 Å². The third kappa shape index (κ3) is 4.86. The number of rotatable bonds is 5. The molecular weight excluding hydrogens is 713 g/mol. The molecule has 0 atom stereocenters. The number of fused-ring (bicyclic) bond motifs is 9. The molecule has 0 N–H and O–H groups in total. The van der Waals surface area contributed by atoms with Crippen LogP contribution < -0.4 is 0 Å². The molecule has 0 fully saturated rings. The Morgan fingerprint density at radius 3 is 1.82 bits per heavy atom. The van der Waals surface area contributed by atoms with Gasteiger partial charge < -0.3 is 9.13 Å². The van der Waals surface area contributed by atoms with E-state index in [-0.39, 0.29) is 0 Å². The molecule has 0 saturated carbocycles. The van der Waals surface area contributed by atoms with Crippen LogP contribution in [0, 0.1) is 0 Å². The molecule has 4 nitrogen and oxygen atoms in total. The van der Waals surface area contributed by atoms with Gasteiger partial charge in [-0.15, -0.1) is 11.3 Å². The fraction of sp³-hybridized carbons (Fsp3) is 0. The number of nitrogens with zero attached hydrogens (tertiary/aromatic N) is 4. The third-order valence-corrected chi connectivity index (χ3v) is 12.6. The highest BCUT2D eigenvalue weighted by atomic mass is 32.1. The van der Waals surface area contributed by atoms with Crippen LogP contribution in [0.2, 0.25) is 0 Å². The second kappa shape index (κ2) is 12.6. The van der Waals surface area contributed by atoms with Crippen molar-refractivity contribution in [3.63, 3.8) is 0 Å². The molecule has 4 heterocycles. The molecular formula is C52H32N4S. The van der Waals surface area contributed by atoms with E-state index in [1.165, 1.54) is 31.3 Å². The van der Waals surface area contributed by atoms with Gasteiger partial charge in [0.25, 0.3) is 0 Å². The number of hydrogen-bond donors (Lipinski definition) is 0. The lowest BCUT2D eigenvalue weighted by molar-refractivity contribution is 1.15. The minimum absolute atomic E-state index is 0.703. The molecule has 0 saturated heterocycles. The monoisotopic (exact) mass is 744 g/mol. The SMILES string of the molecule is c1ccc(-c2ccc3c(c2)c2c(-c4nc(-c5cccc6c5sc5ccccc56)c5c(n4)c4ccccc4n5-c4ccccc4)cccc2n3-c2ccccc2)cc1. The predicted octanol–water partition coefficient (Wildman–Crippen LogP) is 14.0. The van der Waals surface area contributed by atoms with Gasteiger partial charge in [-0.1, -0.05) is 140 Å². The number of benzene rings is 8. The van der Waals surface area contributed by atoms with Crippen LogP contribution >= 0.6 is 11.3 Å². The van der Waals surface area contributed by atoms with Crippen molar-refractivity contribution in [1.29, 1.82) is 0 Å². The molecule has 0 aliphatic carbocycles. The summed E-state index contributed by atoms with van der Waals surface area (Å²) in [6, 6.07) is 69.3. The molecule has 0 unspecified atom stereocenters. The van der Waals surface area contributed by atoms with Crippen molar-refractivity contribution in [2.75, 3.05) is 0 Å². The van der Waals surface area contributed by atoms with Gasteiger partial charge in [0.05, 0.1) is 22.1 Å². The van der Waals surface area contributed by atoms with Crippen molar-refractivity contribution in [2.24, 2.45) is 0 Å². The maximum Gasteiger partial charge on any atom is 0.161 e. The molecule has 0 radical (unpaired) electrons. The lowest BCUT2D eigenvalue weighted by Crippen LogP contribution is -2.00. The molecule has 4 aromatic heterocycles. The molecule has 0 amide bonds. The van der Waals surface area contributed by atoms with E-state index < -0.39 is 0 Å². The van der Waals surface area contributed by atoms with Gasteiger partial charge in [-0.05, 0) is 65.7 Å². The van der Waals surface area contributed by atoms with Gasteiger partial charge in [0.15, 0.2) is 5.82 Å². The molecule has 57 heavy (non-hydrogen) atoms. The predicted molar refractivity (Wildman–Crippen MR) is 240 cm³/mol. The standard InChI is InChI=1S/C52H32N4S/c1-4-16-33(17-5-1)34-30-31-44-42(32-34)47-40(25-15-28-45(47)55(44)35-18-6-2-7-19-35)52-53-48-39-23-10-12-27-43(39)56(36-20-8-3-9-21-36)50(48)49(54-52)41-26-14-24-38-37-22-11-13-29-46(37)57-51(38)41/h1-32H. The van der Waals surface area contributed by atoms with Crippen molar-refractivity contribution in [1.82, 2.24) is 19.1 Å². The minimum Gasteiger partial charge on any atom is -0.309 e. The lowest BCUT2D eigenvalue weighted by atomic mass is 10.0. The van der Waals surface area contributed by atoms with Crippen LogP contribution in [0.3, 0.4) is 0 Å². The van der Waals surface area contributed by atoms with Crippen LogP contribution in [0.4, 0.5) is 0 Å². The topological polar surface area (TPSA) is 35.6 Å². The Hall–Kier alpha value is -7.34. The first kappa shape index (κ1) is 32.0. The van der Waals surface area contributed by atoms with Crippen molar-refractivity contribution in [2.45, 2.75) is 0 Å². The maximum absolute atomic E-state index is 5.73. The molecule has 8 aromatic carbocycles. The quantitative estimate of drug-likeness (QED) is 0.176. The summed E-state index contributed by atoms with van der Waals surface area (Å²) in [6.07, 6.45) is 0. The normalized spacial score (nSPS) is 11.9. The Bertz CT molecular complexity index is 3510. The number of para-hydroxylation sites is 3. The van der Waals surface area contributed by atoms with Crippen molar-refractivity contribution < 1.29 is 0 Å². The molecule has 0 aliphatic heterocycles. The summed E-state index contributed by atoms with van der Waals surface area (Å²) < 4.78 is 7.22. The van der Waals surface area contributed by atoms with Crippen LogP contribution in [-0.2, 0) is 0 Å². The van der Waals surface area contributed by atoms with Gasteiger partial charge in [0.1, 0.15) is 11.2 Å². The molecule has 12 rings (SSSR count). The van der Waals surface area contributed by atoms with Crippen molar-refractivity contribution in [3.8, 4) is 45.1 Å². The molecule has 266 valence electrons. The van der Waals surface area contributed by atoms with E-state index in [0.29, 0.717) is 5.82 Å². The number of hydrogen-bond acceptors (Lipinski definition) is 3. The van der Waals surface area contributed by atoms with Gasteiger partial charge in [0, 0.05) is 58.8 Å². The van der Waals surface area contributed by atoms with E-state index >= 15 is 0 Å². The second-order valence-corrected chi connectivity index (χ2v) is 15.6. The highest BCUT2D eigenvalue weighted by molar-refractivity contribution is 7.26. The van der Waals surface area contributed by atoms with Gasteiger partial charge >= 0.3 is 0 Å². The van der Waals surface area contributed by atoms with Crippen molar-refractivity contribution >= 4 is 75.3 Å². The van der Waals surface area contributed by atoms with Crippen molar-refractivity contribution in [3.05, 3.63) is 194 Å². The first-order chi connectivity index (χ1) is 28.3. The first-order valence-corrected chi connectivity index (χ1v) is 20.1. The minimum atomic E-state index is 0.703. The van der Waals surface area contributed by atoms with Crippen LogP contribution in [0.15, 0.2) is 194 Å². The zero-order valence-electron chi connectivity index (χ0n) is 30.7. The van der Waals surface area contributed by atoms with Crippen LogP contribution in [-0.4, -0.2) is 19.1 Å². The van der Waals surface area contributed by atoms with E-state index in [0.717, 1.165) is 71.9 Å². The van der Waals surface area contributed by atoms with E-state index in [4.69, 9.17) is 9.97 Å². The summed E-state index contributed by atoms with van der Waals surface area (Å²) in [7, 11) is 0. The molecule has 5 heteroatoms. The Labute approximate surface area is 332 Å². The Kier molecular flexibility index (Phi) is 7.06. The number of aromatic nitrogens is 4. The average molecular weight is 745 g/mol. The summed E-state index contributed by atoms with van der Waals surface area (Å²) in [6.45, 7) is 0. The highest BCUT2D eigenvalue weighted by Gasteiger charge is 2.25. The first-order valence-electron chi connectivity index (χ1n) is 19.3. The Morgan fingerprint density at radius 1 is 0.404 bits per heavy atom. The van der Waals surface area contributed by atoms with E-state index in [9.17, 15) is 0 Å². The fourth-order valence-electron chi connectivity index (χ4n) is 8.85. The van der Waals surface area contributed by atoms with E-state index in [1.54, 1.807) is 0 Å². The Balaban J connectivity index is 1.24. The zero-order valence-corrected chi connectivity index (χ0v) is 31.5. The molecule has 12 aromatic rings. The molecule has 0 spiro atoms. The van der Waals surface area contributed by atoms with Gasteiger partial charge in [-0.3, -0.25) is 0 Å². The van der Waals surface area contributed by atoms with Crippen LogP contribution in [0.1, 0.15) is 0 Å². The summed E-state index contributed by atoms with van der Waals surface area (Å²) in [4.78, 5) is 11.3. The summed E-state index contributed by atoms with van der Waals surface area (Å²) in [5.74, 6) is 0.703. The second-order valence-electron chi connectivity index (χ2n) is 14.5. The largest absolute Gasteiger partial charge is 0.309 e. The summed E-state index contributed by atoms with van der Waals surface area (Å²) in [5.41, 5.74) is 12.8. The third-order valence-electron chi connectivity index (χ3n) is 11.3. The van der Waals surface area contributed by atoms with Gasteiger partial charge in [0.2, 0.25) is 0 Å². The maximum atomic E-state index is 5.73. The lowest BCUT2D eigenvalue weighted by Gasteiger charge is -2.13. The summed E-state index contributed by atoms with van der Waals surface area (Å²) in [5, 5.41) is 5.89. The summed E-state index contributed by atoms with van der Waals surface area (Å²) >= 11 is 1.83. The molecule has 0 bridgehead atoms. The van der Waals surface area contributed by atoms with E-state index in [2.05, 4.69) is 203 Å².